The van der Waals surface area contributed by atoms with Gasteiger partial charge < -0.3 is 4.42 Å². The molecular formula is C16H12BrClO. The van der Waals surface area contributed by atoms with Crippen LogP contribution in [0.5, 0.6) is 0 Å². The van der Waals surface area contributed by atoms with Gasteiger partial charge in [-0.15, -0.1) is 0 Å². The fourth-order valence-corrected chi connectivity index (χ4v) is 2.94. The van der Waals surface area contributed by atoms with Gasteiger partial charge in [0.1, 0.15) is 11.3 Å². The van der Waals surface area contributed by atoms with Crippen molar-refractivity contribution in [2.24, 2.45) is 0 Å². The van der Waals surface area contributed by atoms with E-state index in [2.05, 4.69) is 34.1 Å². The summed E-state index contributed by atoms with van der Waals surface area (Å²) in [6, 6.07) is 18.0. The van der Waals surface area contributed by atoms with E-state index in [0.717, 1.165) is 28.2 Å². The lowest BCUT2D eigenvalue weighted by molar-refractivity contribution is 0.545. The van der Waals surface area contributed by atoms with Gasteiger partial charge in [0.25, 0.3) is 0 Å². The molecule has 0 fully saturated rings. The van der Waals surface area contributed by atoms with Crippen molar-refractivity contribution < 1.29 is 4.42 Å². The Balaban J connectivity index is 1.85. The minimum Gasteiger partial charge on any atom is -0.460 e. The summed E-state index contributed by atoms with van der Waals surface area (Å²) in [6.07, 6.45) is 0.848. The monoisotopic (exact) mass is 334 g/mol. The van der Waals surface area contributed by atoms with Gasteiger partial charge in [0.2, 0.25) is 0 Å². The summed E-state index contributed by atoms with van der Waals surface area (Å²) in [6.45, 7) is 0. The van der Waals surface area contributed by atoms with Gasteiger partial charge in [0, 0.05) is 10.4 Å². The van der Waals surface area contributed by atoms with Crippen molar-refractivity contribution in [2.75, 3.05) is 0 Å². The molecule has 96 valence electrons. The maximum absolute atomic E-state index is 6.00. The molecule has 0 N–H and O–H groups in total. The summed E-state index contributed by atoms with van der Waals surface area (Å²) in [5.74, 6) is 0.946. The minimum atomic E-state index is 0.151. The Labute approximate surface area is 125 Å². The lowest BCUT2D eigenvalue weighted by Gasteiger charge is -2.07. The molecule has 3 aromatic rings. The molecule has 0 amide bonds. The Bertz CT molecular complexity index is 672. The predicted molar refractivity (Wildman–Crippen MR) is 83.0 cm³/mol. The number of furan rings is 1. The minimum absolute atomic E-state index is 0.151. The zero-order valence-corrected chi connectivity index (χ0v) is 12.5. The molecule has 1 nitrogen and oxygen atoms in total. The third-order valence-electron chi connectivity index (χ3n) is 3.06. The second kappa shape index (κ2) is 5.40. The third kappa shape index (κ3) is 2.85. The van der Waals surface area contributed by atoms with Gasteiger partial charge >= 0.3 is 0 Å². The first-order chi connectivity index (χ1) is 9.22. The number of alkyl halides is 1. The molecule has 0 aliphatic heterocycles. The van der Waals surface area contributed by atoms with Gasteiger partial charge in [-0.3, -0.25) is 0 Å². The first-order valence-electron chi connectivity index (χ1n) is 6.09. The van der Waals surface area contributed by atoms with Crippen molar-refractivity contribution in [3.63, 3.8) is 0 Å². The van der Waals surface area contributed by atoms with Crippen molar-refractivity contribution in [2.45, 2.75) is 11.2 Å². The molecule has 1 aromatic heterocycles. The topological polar surface area (TPSA) is 13.1 Å². The Hall–Kier alpha value is -1.25. The van der Waals surface area contributed by atoms with Crippen LogP contribution in [0, 0.1) is 0 Å². The SMILES string of the molecule is Clc1cccc(CC(Br)c2cc3ccccc3o2)c1. The molecular weight excluding hydrogens is 324 g/mol. The van der Waals surface area contributed by atoms with Crippen molar-refractivity contribution in [3.05, 3.63) is 70.9 Å². The molecule has 1 heterocycles. The van der Waals surface area contributed by atoms with E-state index in [9.17, 15) is 0 Å². The van der Waals surface area contributed by atoms with E-state index in [1.165, 1.54) is 5.56 Å². The zero-order chi connectivity index (χ0) is 13.2. The van der Waals surface area contributed by atoms with Crippen LogP contribution in [0.25, 0.3) is 11.0 Å². The molecule has 0 saturated heterocycles. The lowest BCUT2D eigenvalue weighted by Crippen LogP contribution is -1.93. The summed E-state index contributed by atoms with van der Waals surface area (Å²) < 4.78 is 5.85. The van der Waals surface area contributed by atoms with Crippen LogP contribution in [0.1, 0.15) is 16.2 Å². The Kier molecular flexibility index (Phi) is 3.63. The van der Waals surface area contributed by atoms with E-state index in [0.29, 0.717) is 0 Å². The van der Waals surface area contributed by atoms with Crippen molar-refractivity contribution in [1.29, 1.82) is 0 Å². The van der Waals surface area contributed by atoms with Gasteiger partial charge in [-0.2, -0.15) is 0 Å². The number of benzene rings is 2. The Morgan fingerprint density at radius 1 is 1.05 bits per heavy atom. The number of halogens is 2. The molecule has 0 aliphatic carbocycles. The Morgan fingerprint density at radius 2 is 1.89 bits per heavy atom. The van der Waals surface area contributed by atoms with Crippen molar-refractivity contribution in [3.8, 4) is 0 Å². The van der Waals surface area contributed by atoms with Gasteiger partial charge in [0.15, 0.2) is 0 Å². The first kappa shape index (κ1) is 12.8. The lowest BCUT2D eigenvalue weighted by atomic mass is 10.1. The van der Waals surface area contributed by atoms with Gasteiger partial charge in [-0.25, -0.2) is 0 Å². The van der Waals surface area contributed by atoms with Crippen LogP contribution in [-0.4, -0.2) is 0 Å². The van der Waals surface area contributed by atoms with Crippen molar-refractivity contribution in [1.82, 2.24) is 0 Å². The number of hydrogen-bond donors (Lipinski definition) is 0. The number of rotatable bonds is 3. The maximum atomic E-state index is 6.00. The molecule has 0 radical (unpaired) electrons. The fourth-order valence-electron chi connectivity index (χ4n) is 2.13. The van der Waals surface area contributed by atoms with Gasteiger partial charge in [-0.05, 0) is 36.2 Å². The van der Waals surface area contributed by atoms with E-state index in [1.54, 1.807) is 0 Å². The molecule has 1 unspecified atom stereocenters. The highest BCUT2D eigenvalue weighted by atomic mass is 79.9. The van der Waals surface area contributed by atoms with Crippen LogP contribution in [0.2, 0.25) is 5.02 Å². The molecule has 2 aromatic carbocycles. The fraction of sp³-hybridized carbons (Fsp3) is 0.125. The number of fused-ring (bicyclic) bond motifs is 1. The summed E-state index contributed by atoms with van der Waals surface area (Å²) in [4.78, 5) is 0.151. The van der Waals surface area contributed by atoms with E-state index in [-0.39, 0.29) is 4.83 Å². The van der Waals surface area contributed by atoms with Crippen LogP contribution in [0.4, 0.5) is 0 Å². The quantitative estimate of drug-likeness (QED) is 0.554. The Morgan fingerprint density at radius 3 is 2.68 bits per heavy atom. The molecule has 0 aliphatic rings. The van der Waals surface area contributed by atoms with E-state index in [4.69, 9.17) is 16.0 Å². The molecule has 0 saturated carbocycles. The maximum Gasteiger partial charge on any atom is 0.134 e. The summed E-state index contributed by atoms with van der Waals surface area (Å²) in [7, 11) is 0. The van der Waals surface area contributed by atoms with Crippen LogP contribution in [0.15, 0.2) is 59.0 Å². The molecule has 19 heavy (non-hydrogen) atoms. The van der Waals surface area contributed by atoms with Gasteiger partial charge in [0.05, 0.1) is 4.83 Å². The summed E-state index contributed by atoms with van der Waals surface area (Å²) in [5, 5.41) is 1.90. The van der Waals surface area contributed by atoms with E-state index in [1.807, 2.05) is 36.4 Å². The predicted octanol–water partition coefficient (Wildman–Crippen LogP) is 5.76. The average molecular weight is 336 g/mol. The largest absolute Gasteiger partial charge is 0.460 e. The number of para-hydroxylation sites is 1. The van der Waals surface area contributed by atoms with Crippen LogP contribution in [-0.2, 0) is 6.42 Å². The second-order valence-corrected chi connectivity index (χ2v) is 6.03. The highest BCUT2D eigenvalue weighted by Crippen LogP contribution is 2.32. The van der Waals surface area contributed by atoms with Crippen LogP contribution >= 0.6 is 27.5 Å². The molecule has 3 rings (SSSR count). The standard InChI is InChI=1S/C16H12BrClO/c17-14(9-11-4-3-6-13(18)8-11)16-10-12-5-1-2-7-15(12)19-16/h1-8,10,14H,9H2. The van der Waals surface area contributed by atoms with E-state index < -0.39 is 0 Å². The summed E-state index contributed by atoms with van der Waals surface area (Å²) >= 11 is 9.69. The highest BCUT2D eigenvalue weighted by Gasteiger charge is 2.13. The molecule has 3 heteroatoms. The second-order valence-electron chi connectivity index (χ2n) is 4.49. The average Bonchev–Trinajstić information content (AvgIpc) is 2.82. The molecule has 1 atom stereocenters. The van der Waals surface area contributed by atoms with Crippen LogP contribution in [0.3, 0.4) is 0 Å². The van der Waals surface area contributed by atoms with E-state index >= 15 is 0 Å². The van der Waals surface area contributed by atoms with Crippen LogP contribution < -0.4 is 0 Å². The smallest absolute Gasteiger partial charge is 0.134 e. The zero-order valence-electron chi connectivity index (χ0n) is 10.1. The molecule has 0 spiro atoms. The highest BCUT2D eigenvalue weighted by molar-refractivity contribution is 9.09. The first-order valence-corrected chi connectivity index (χ1v) is 7.39. The van der Waals surface area contributed by atoms with Crippen molar-refractivity contribution >= 4 is 38.5 Å². The molecule has 0 bridgehead atoms. The summed E-state index contributed by atoms with van der Waals surface area (Å²) in [5.41, 5.74) is 2.11. The van der Waals surface area contributed by atoms with Gasteiger partial charge in [-0.1, -0.05) is 57.9 Å². The third-order valence-corrected chi connectivity index (χ3v) is 4.07. The normalized spacial score (nSPS) is 12.7. The number of hydrogen-bond acceptors (Lipinski definition) is 1.